The van der Waals surface area contributed by atoms with E-state index in [9.17, 15) is 4.79 Å². The summed E-state index contributed by atoms with van der Waals surface area (Å²) in [5.41, 5.74) is 7.30. The molecule has 2 N–H and O–H groups in total. The Kier molecular flexibility index (Phi) is 6.97. The molecule has 0 aromatic carbocycles. The second kappa shape index (κ2) is 8.23. The van der Waals surface area contributed by atoms with Crippen LogP contribution in [0.4, 0.5) is 0 Å². The van der Waals surface area contributed by atoms with E-state index in [1.807, 2.05) is 0 Å². The van der Waals surface area contributed by atoms with Crippen molar-refractivity contribution in [3.05, 3.63) is 11.3 Å². The molecule has 3 nitrogen and oxygen atoms in total. The Labute approximate surface area is 123 Å². The van der Waals surface area contributed by atoms with Crippen molar-refractivity contribution >= 4 is 12.1 Å². The molecule has 1 aliphatic carbocycles. The Morgan fingerprint density at radius 1 is 1.15 bits per heavy atom. The van der Waals surface area contributed by atoms with Gasteiger partial charge in [-0.25, -0.2) is 4.99 Å². The minimum absolute atomic E-state index is 0.0174. The maximum Gasteiger partial charge on any atom is 0.161 e. The number of carbonyl (C=O) groups excluding carboxylic acids is 1. The molecule has 0 unspecified atom stereocenters. The first-order chi connectivity index (χ1) is 9.50. The Morgan fingerprint density at radius 3 is 2.45 bits per heavy atom. The van der Waals surface area contributed by atoms with Gasteiger partial charge in [0.2, 0.25) is 0 Å². The van der Waals surface area contributed by atoms with E-state index >= 15 is 0 Å². The molecule has 1 rings (SSSR count). The lowest BCUT2D eigenvalue weighted by atomic mass is 9.75. The van der Waals surface area contributed by atoms with Crippen molar-refractivity contribution in [1.29, 1.82) is 0 Å². The number of nitrogens with zero attached hydrogens (tertiary/aromatic N) is 1. The zero-order valence-electron chi connectivity index (χ0n) is 13.4. The highest BCUT2D eigenvalue weighted by Crippen LogP contribution is 2.38. The molecule has 0 spiro atoms. The van der Waals surface area contributed by atoms with Crippen LogP contribution in [0.1, 0.15) is 78.6 Å². The van der Waals surface area contributed by atoms with Crippen molar-refractivity contribution in [3.8, 4) is 0 Å². The fourth-order valence-corrected chi connectivity index (χ4v) is 2.90. The predicted octanol–water partition coefficient (Wildman–Crippen LogP) is 4.37. The molecule has 0 aromatic rings. The van der Waals surface area contributed by atoms with Gasteiger partial charge in [-0.15, -0.1) is 0 Å². The average molecular weight is 278 g/mol. The summed E-state index contributed by atoms with van der Waals surface area (Å²) < 4.78 is 0. The number of ketones is 1. The Morgan fingerprint density at radius 2 is 1.80 bits per heavy atom. The van der Waals surface area contributed by atoms with E-state index in [0.717, 1.165) is 30.5 Å². The summed E-state index contributed by atoms with van der Waals surface area (Å²) in [6, 6.07) is 0. The number of hydrogen-bond acceptors (Lipinski definition) is 2. The first-order valence-electron chi connectivity index (χ1n) is 7.99. The molecule has 0 amide bonds. The summed E-state index contributed by atoms with van der Waals surface area (Å²) in [5, 5.41) is 0. The fraction of sp³-hybridized carbons (Fsp3) is 0.765. The second-order valence-corrected chi connectivity index (χ2v) is 6.66. The van der Waals surface area contributed by atoms with Gasteiger partial charge in [0, 0.05) is 17.7 Å². The Hall–Kier alpha value is -1.12. The molecule has 0 aliphatic heterocycles. The largest absolute Gasteiger partial charge is 0.390 e. The van der Waals surface area contributed by atoms with Crippen LogP contribution >= 0.6 is 0 Å². The molecule has 20 heavy (non-hydrogen) atoms. The number of hydrogen-bond donors (Lipinski definition) is 1. The van der Waals surface area contributed by atoms with Gasteiger partial charge in [-0.3, -0.25) is 4.79 Å². The third-order valence-electron chi connectivity index (χ3n) is 3.98. The summed E-state index contributed by atoms with van der Waals surface area (Å²) in [6.45, 7) is 6.47. The number of rotatable bonds is 8. The molecule has 0 heterocycles. The van der Waals surface area contributed by atoms with Crippen LogP contribution in [0.3, 0.4) is 0 Å². The quantitative estimate of drug-likeness (QED) is 0.407. The number of allylic oxidation sites excluding steroid dienone is 2. The molecule has 0 saturated carbocycles. The van der Waals surface area contributed by atoms with Gasteiger partial charge in [0.25, 0.3) is 0 Å². The van der Waals surface area contributed by atoms with Crippen LogP contribution in [0.2, 0.25) is 0 Å². The van der Waals surface area contributed by atoms with Crippen molar-refractivity contribution in [1.82, 2.24) is 0 Å². The molecule has 0 fully saturated rings. The van der Waals surface area contributed by atoms with E-state index in [4.69, 9.17) is 5.73 Å². The van der Waals surface area contributed by atoms with Gasteiger partial charge >= 0.3 is 0 Å². The van der Waals surface area contributed by atoms with Crippen LogP contribution in [0, 0.1) is 5.41 Å². The lowest BCUT2D eigenvalue weighted by Crippen LogP contribution is -2.25. The molecule has 0 atom stereocenters. The third kappa shape index (κ3) is 5.48. The molecule has 3 heteroatoms. The standard InChI is InChI=1S/C17H30N2O/c1-4-5-6-7-8-9-10-14-15(19-13-18)11-17(2,3)12-16(14)20/h13H,4-12H2,1-3H3,(H2,18,19). The van der Waals surface area contributed by atoms with E-state index in [-0.39, 0.29) is 11.2 Å². The summed E-state index contributed by atoms with van der Waals surface area (Å²) in [4.78, 5) is 16.5. The molecular formula is C17H30N2O. The van der Waals surface area contributed by atoms with E-state index in [1.165, 1.54) is 38.4 Å². The van der Waals surface area contributed by atoms with Crippen LogP contribution in [0.5, 0.6) is 0 Å². The van der Waals surface area contributed by atoms with Crippen molar-refractivity contribution in [2.75, 3.05) is 0 Å². The summed E-state index contributed by atoms with van der Waals surface area (Å²) in [5.74, 6) is 0.274. The normalized spacial score (nSPS) is 19.1. The number of nitrogens with two attached hydrogens (primary N) is 1. The molecule has 114 valence electrons. The zero-order chi connectivity index (χ0) is 15.0. The second-order valence-electron chi connectivity index (χ2n) is 6.66. The Bertz CT molecular complexity index is 380. The first-order valence-corrected chi connectivity index (χ1v) is 7.99. The number of unbranched alkanes of at least 4 members (excludes halogenated alkanes) is 5. The van der Waals surface area contributed by atoms with Gasteiger partial charge in [-0.2, -0.15) is 0 Å². The average Bonchev–Trinajstić information content (AvgIpc) is 2.35. The molecule has 0 aromatic heterocycles. The molecule has 0 bridgehead atoms. The maximum absolute atomic E-state index is 12.3. The van der Waals surface area contributed by atoms with Gasteiger partial charge in [0.05, 0.1) is 6.34 Å². The molecular weight excluding hydrogens is 248 g/mol. The lowest BCUT2D eigenvalue weighted by Gasteiger charge is -2.30. The Balaban J connectivity index is 2.56. The molecule has 0 radical (unpaired) electrons. The van der Waals surface area contributed by atoms with Crippen molar-refractivity contribution in [2.24, 2.45) is 16.1 Å². The summed E-state index contributed by atoms with van der Waals surface area (Å²) in [7, 11) is 0. The van der Waals surface area contributed by atoms with Crippen LogP contribution in [0.25, 0.3) is 0 Å². The third-order valence-corrected chi connectivity index (χ3v) is 3.98. The van der Waals surface area contributed by atoms with E-state index in [2.05, 4.69) is 25.8 Å². The summed E-state index contributed by atoms with van der Waals surface area (Å²) in [6.07, 6.45) is 11.2. The van der Waals surface area contributed by atoms with Crippen LogP contribution in [0.15, 0.2) is 16.3 Å². The SMILES string of the molecule is CCCCCCCCC1=C(N=CN)CC(C)(C)CC1=O. The fourth-order valence-electron chi connectivity index (χ4n) is 2.90. The lowest BCUT2D eigenvalue weighted by molar-refractivity contribution is -0.118. The monoisotopic (exact) mass is 278 g/mol. The molecule has 0 saturated heterocycles. The highest BCUT2D eigenvalue weighted by molar-refractivity contribution is 5.97. The van der Waals surface area contributed by atoms with Gasteiger partial charge in [0.15, 0.2) is 5.78 Å². The van der Waals surface area contributed by atoms with Gasteiger partial charge in [0.1, 0.15) is 0 Å². The van der Waals surface area contributed by atoms with Gasteiger partial charge in [-0.05, 0) is 24.7 Å². The van der Waals surface area contributed by atoms with E-state index in [1.54, 1.807) is 0 Å². The topological polar surface area (TPSA) is 55.4 Å². The van der Waals surface area contributed by atoms with Crippen molar-refractivity contribution in [3.63, 3.8) is 0 Å². The minimum atomic E-state index is 0.0174. The van der Waals surface area contributed by atoms with Gasteiger partial charge < -0.3 is 5.73 Å². The van der Waals surface area contributed by atoms with Crippen molar-refractivity contribution in [2.45, 2.75) is 78.6 Å². The number of Topliss-reactive ketones (excluding diaryl/α,β-unsaturated/α-hetero) is 1. The smallest absolute Gasteiger partial charge is 0.161 e. The minimum Gasteiger partial charge on any atom is -0.390 e. The first kappa shape index (κ1) is 16.9. The van der Waals surface area contributed by atoms with Crippen LogP contribution < -0.4 is 5.73 Å². The number of carbonyl (C=O) groups is 1. The van der Waals surface area contributed by atoms with E-state index in [0.29, 0.717) is 6.42 Å². The molecule has 1 aliphatic rings. The van der Waals surface area contributed by atoms with Crippen molar-refractivity contribution < 1.29 is 4.79 Å². The highest BCUT2D eigenvalue weighted by Gasteiger charge is 2.32. The van der Waals surface area contributed by atoms with Gasteiger partial charge in [-0.1, -0.05) is 52.9 Å². The van der Waals surface area contributed by atoms with Crippen LogP contribution in [-0.2, 0) is 4.79 Å². The van der Waals surface area contributed by atoms with E-state index < -0.39 is 0 Å². The number of aliphatic imine (C=N–C) groups is 1. The predicted molar refractivity (Wildman–Crippen MR) is 85.7 cm³/mol. The maximum atomic E-state index is 12.3. The highest BCUT2D eigenvalue weighted by atomic mass is 16.1. The zero-order valence-corrected chi connectivity index (χ0v) is 13.4. The summed E-state index contributed by atoms with van der Waals surface area (Å²) >= 11 is 0. The van der Waals surface area contributed by atoms with Crippen LogP contribution in [-0.4, -0.2) is 12.1 Å².